The number of esters is 1. The van der Waals surface area contributed by atoms with E-state index in [2.05, 4.69) is 10.6 Å². The van der Waals surface area contributed by atoms with Gasteiger partial charge in [0.1, 0.15) is 5.82 Å². The molecule has 0 spiro atoms. The van der Waals surface area contributed by atoms with Crippen molar-refractivity contribution in [3.63, 3.8) is 0 Å². The second-order valence-corrected chi connectivity index (χ2v) is 5.95. The zero-order valence-electron chi connectivity index (χ0n) is 14.7. The molecule has 0 heterocycles. The summed E-state index contributed by atoms with van der Waals surface area (Å²) in [5.74, 6) is -1.14. The van der Waals surface area contributed by atoms with Crippen molar-refractivity contribution in [2.24, 2.45) is 0 Å². The first kappa shape index (κ1) is 20.3. The predicted molar refractivity (Wildman–Crippen MR) is 107 cm³/mol. The van der Waals surface area contributed by atoms with E-state index in [1.54, 1.807) is 42.5 Å². The van der Waals surface area contributed by atoms with Crippen molar-refractivity contribution in [2.45, 2.75) is 13.3 Å². The van der Waals surface area contributed by atoms with Gasteiger partial charge >= 0.3 is 5.97 Å². The zero-order chi connectivity index (χ0) is 19.6. The summed E-state index contributed by atoms with van der Waals surface area (Å²) in [5, 5.41) is 5.47. The van der Waals surface area contributed by atoms with Gasteiger partial charge in [-0.2, -0.15) is 0 Å². The third kappa shape index (κ3) is 6.99. The summed E-state index contributed by atoms with van der Waals surface area (Å²) in [5.41, 5.74) is 1.75. The number of nitrogens with one attached hydrogen (secondary N) is 2. The van der Waals surface area contributed by atoms with E-state index in [4.69, 9.17) is 17.0 Å². The molecule has 0 aliphatic heterocycles. The van der Waals surface area contributed by atoms with Gasteiger partial charge in [-0.05, 0) is 66.7 Å². The predicted octanol–water partition coefficient (Wildman–Crippen LogP) is 3.92. The molecule has 0 radical (unpaired) electrons. The van der Waals surface area contributed by atoms with Gasteiger partial charge in [-0.3, -0.25) is 10.1 Å². The Morgan fingerprint density at radius 3 is 2.41 bits per heavy atom. The van der Waals surface area contributed by atoms with Gasteiger partial charge in [-0.25, -0.2) is 9.18 Å². The van der Waals surface area contributed by atoms with Crippen LogP contribution in [0.25, 0.3) is 6.08 Å². The number of anilines is 1. The number of ether oxygens (including phenoxy) is 1. The Labute approximate surface area is 162 Å². The van der Waals surface area contributed by atoms with Crippen molar-refractivity contribution >= 4 is 41.0 Å². The highest BCUT2D eigenvalue weighted by atomic mass is 32.1. The fourth-order valence-corrected chi connectivity index (χ4v) is 2.25. The van der Waals surface area contributed by atoms with Crippen LogP contribution in [0.15, 0.2) is 54.6 Å². The molecule has 2 rings (SSSR count). The molecule has 2 aromatic rings. The minimum absolute atomic E-state index is 0.116. The molecule has 5 nitrogen and oxygen atoms in total. The maximum Gasteiger partial charge on any atom is 0.338 e. The second-order valence-electron chi connectivity index (χ2n) is 5.54. The van der Waals surface area contributed by atoms with Crippen LogP contribution in [-0.4, -0.2) is 23.6 Å². The van der Waals surface area contributed by atoms with Crippen molar-refractivity contribution in [1.29, 1.82) is 0 Å². The first-order valence-corrected chi connectivity index (χ1v) is 8.71. The zero-order valence-corrected chi connectivity index (χ0v) is 15.5. The molecule has 0 aliphatic rings. The third-order valence-corrected chi connectivity index (χ3v) is 3.55. The van der Waals surface area contributed by atoms with Crippen LogP contribution in [0.1, 0.15) is 29.3 Å². The quantitative estimate of drug-likeness (QED) is 0.447. The van der Waals surface area contributed by atoms with Crippen molar-refractivity contribution in [3.05, 3.63) is 71.6 Å². The van der Waals surface area contributed by atoms with Crippen LogP contribution in [0.3, 0.4) is 0 Å². The standard InChI is InChI=1S/C20H19FN2O3S/c1-2-13-26-19(25)15-6-10-17(11-7-15)22-20(27)23-18(24)12-5-14-3-8-16(21)9-4-14/h3-12H,2,13H2,1H3,(H2,22,23,24,27)/b12-5+. The van der Waals surface area contributed by atoms with Crippen LogP contribution in [0, 0.1) is 5.82 Å². The summed E-state index contributed by atoms with van der Waals surface area (Å²) < 4.78 is 17.9. The molecule has 0 unspecified atom stereocenters. The minimum Gasteiger partial charge on any atom is -0.462 e. The number of benzene rings is 2. The first-order chi connectivity index (χ1) is 13.0. The van der Waals surface area contributed by atoms with Gasteiger partial charge in [-0.1, -0.05) is 19.1 Å². The highest BCUT2D eigenvalue weighted by molar-refractivity contribution is 7.80. The molecule has 0 atom stereocenters. The number of carbonyl (C=O) groups excluding carboxylic acids is 2. The number of hydrogen-bond acceptors (Lipinski definition) is 4. The van der Waals surface area contributed by atoms with Gasteiger partial charge in [0.05, 0.1) is 12.2 Å². The molecule has 0 fully saturated rings. The molecule has 0 saturated heterocycles. The summed E-state index contributed by atoms with van der Waals surface area (Å²) in [6.45, 7) is 2.30. The minimum atomic E-state index is -0.420. The number of rotatable bonds is 6. The SMILES string of the molecule is CCCOC(=O)c1ccc(NC(=S)NC(=O)/C=C/c2ccc(F)cc2)cc1. The Bertz CT molecular complexity index is 833. The van der Waals surface area contributed by atoms with E-state index in [1.807, 2.05) is 6.92 Å². The molecule has 0 bridgehead atoms. The van der Waals surface area contributed by atoms with E-state index < -0.39 is 5.91 Å². The number of thiocarbonyl (C=S) groups is 1. The van der Waals surface area contributed by atoms with E-state index in [-0.39, 0.29) is 16.9 Å². The molecule has 27 heavy (non-hydrogen) atoms. The lowest BCUT2D eigenvalue weighted by atomic mass is 10.2. The summed E-state index contributed by atoms with van der Waals surface area (Å²) in [6, 6.07) is 12.3. The van der Waals surface area contributed by atoms with E-state index in [1.165, 1.54) is 18.2 Å². The van der Waals surface area contributed by atoms with Gasteiger partial charge in [0.15, 0.2) is 5.11 Å². The van der Waals surface area contributed by atoms with Gasteiger partial charge < -0.3 is 10.1 Å². The molecule has 2 N–H and O–H groups in total. The van der Waals surface area contributed by atoms with E-state index >= 15 is 0 Å². The summed E-state index contributed by atoms with van der Waals surface area (Å²) in [6.07, 6.45) is 3.61. The van der Waals surface area contributed by atoms with Crippen molar-refractivity contribution in [1.82, 2.24) is 5.32 Å². The van der Waals surface area contributed by atoms with E-state index in [9.17, 15) is 14.0 Å². The Kier molecular flexibility index (Phi) is 7.63. The Morgan fingerprint density at radius 2 is 1.78 bits per heavy atom. The lowest BCUT2D eigenvalue weighted by Crippen LogP contribution is -2.32. The number of amides is 1. The molecule has 7 heteroatoms. The van der Waals surface area contributed by atoms with E-state index in [0.717, 1.165) is 6.42 Å². The smallest absolute Gasteiger partial charge is 0.338 e. The largest absolute Gasteiger partial charge is 0.462 e. The van der Waals surface area contributed by atoms with Gasteiger partial charge in [0, 0.05) is 11.8 Å². The number of carbonyl (C=O) groups is 2. The van der Waals surface area contributed by atoms with Gasteiger partial charge in [0.2, 0.25) is 5.91 Å². The van der Waals surface area contributed by atoms with Crippen LogP contribution < -0.4 is 10.6 Å². The van der Waals surface area contributed by atoms with Crippen LogP contribution in [0.2, 0.25) is 0 Å². The molecular weight excluding hydrogens is 367 g/mol. The van der Waals surface area contributed by atoms with Crippen LogP contribution in [0.5, 0.6) is 0 Å². The van der Waals surface area contributed by atoms with Gasteiger partial charge in [-0.15, -0.1) is 0 Å². The maximum absolute atomic E-state index is 12.8. The lowest BCUT2D eigenvalue weighted by molar-refractivity contribution is -0.115. The number of halogens is 1. The summed E-state index contributed by atoms with van der Waals surface area (Å²) in [4.78, 5) is 23.6. The van der Waals surface area contributed by atoms with Crippen LogP contribution in [-0.2, 0) is 9.53 Å². The topological polar surface area (TPSA) is 67.4 Å². The fourth-order valence-electron chi connectivity index (χ4n) is 2.03. The van der Waals surface area contributed by atoms with Crippen LogP contribution >= 0.6 is 12.2 Å². The van der Waals surface area contributed by atoms with Crippen molar-refractivity contribution in [2.75, 3.05) is 11.9 Å². The molecule has 0 aliphatic carbocycles. The van der Waals surface area contributed by atoms with Crippen molar-refractivity contribution in [3.8, 4) is 0 Å². The lowest BCUT2D eigenvalue weighted by Gasteiger charge is -2.09. The van der Waals surface area contributed by atoms with Crippen molar-refractivity contribution < 1.29 is 18.7 Å². The molecular formula is C20H19FN2O3S. The third-order valence-electron chi connectivity index (χ3n) is 3.35. The number of hydrogen-bond donors (Lipinski definition) is 2. The summed E-state index contributed by atoms with van der Waals surface area (Å²) in [7, 11) is 0. The normalized spacial score (nSPS) is 10.4. The van der Waals surface area contributed by atoms with Crippen LogP contribution in [0.4, 0.5) is 10.1 Å². The molecule has 140 valence electrons. The molecule has 1 amide bonds. The Hall–Kier alpha value is -3.06. The fraction of sp³-hybridized carbons (Fsp3) is 0.150. The van der Waals surface area contributed by atoms with Gasteiger partial charge in [0.25, 0.3) is 0 Å². The molecule has 0 saturated carbocycles. The molecule has 0 aromatic heterocycles. The second kappa shape index (κ2) is 10.2. The monoisotopic (exact) mass is 386 g/mol. The summed E-state index contributed by atoms with van der Waals surface area (Å²) >= 11 is 5.08. The van der Waals surface area contributed by atoms with E-state index in [0.29, 0.717) is 23.4 Å². The average molecular weight is 386 g/mol. The maximum atomic E-state index is 12.8. The average Bonchev–Trinajstić information content (AvgIpc) is 2.66. The Morgan fingerprint density at radius 1 is 1.11 bits per heavy atom. The highest BCUT2D eigenvalue weighted by Crippen LogP contribution is 2.11. The highest BCUT2D eigenvalue weighted by Gasteiger charge is 2.07. The molecule has 2 aromatic carbocycles. The Balaban J connectivity index is 1.84. The first-order valence-electron chi connectivity index (χ1n) is 8.30.